The highest BCUT2D eigenvalue weighted by molar-refractivity contribution is 6.20. The number of hydrogen-bond donors (Lipinski definition) is 1. The summed E-state index contributed by atoms with van der Waals surface area (Å²) in [7, 11) is 4.41. The van der Waals surface area contributed by atoms with Gasteiger partial charge in [-0.25, -0.2) is 0 Å². The van der Waals surface area contributed by atoms with Crippen molar-refractivity contribution in [3.05, 3.63) is 67.9 Å². The number of hydrogen-bond acceptors (Lipinski definition) is 8. The molecule has 5 rings (SSSR count). The first-order valence-corrected chi connectivity index (χ1v) is 11.9. The predicted octanol–water partition coefficient (Wildman–Crippen LogP) is 5.15. The van der Waals surface area contributed by atoms with Gasteiger partial charge in [0.1, 0.15) is 11.1 Å². The molecule has 38 heavy (non-hydrogen) atoms. The molecule has 12 nitrogen and oxygen atoms in total. The Morgan fingerprint density at radius 1 is 1.05 bits per heavy atom. The third kappa shape index (κ3) is 3.64. The van der Waals surface area contributed by atoms with E-state index in [-0.39, 0.29) is 34.9 Å². The summed E-state index contributed by atoms with van der Waals surface area (Å²) in [6, 6.07) is 8.79. The molecular formula is C25H21ClN4O8. The number of ether oxygens (including phenoxy) is 3. The van der Waals surface area contributed by atoms with Crippen molar-refractivity contribution in [1.82, 2.24) is 4.98 Å². The van der Waals surface area contributed by atoms with Crippen LogP contribution in [-0.4, -0.2) is 54.5 Å². The van der Waals surface area contributed by atoms with E-state index in [1.165, 1.54) is 44.4 Å². The van der Waals surface area contributed by atoms with E-state index in [4.69, 9.17) is 25.8 Å². The zero-order valence-electron chi connectivity index (χ0n) is 20.4. The normalized spacial score (nSPS) is 14.5. The number of anilines is 1. The number of nitro benzene ring substituents is 2. The van der Waals surface area contributed by atoms with Gasteiger partial charge in [-0.2, -0.15) is 0 Å². The number of rotatable bonds is 7. The topological polar surface area (TPSA) is 150 Å². The van der Waals surface area contributed by atoms with E-state index in [0.717, 1.165) is 0 Å². The number of aromatic nitrogens is 1. The number of amides is 1. The third-order valence-corrected chi connectivity index (χ3v) is 7.09. The Kier molecular flexibility index (Phi) is 6.19. The quantitative estimate of drug-likeness (QED) is 0.192. The second-order valence-electron chi connectivity index (χ2n) is 8.60. The molecule has 196 valence electrons. The van der Waals surface area contributed by atoms with Gasteiger partial charge >= 0.3 is 0 Å². The van der Waals surface area contributed by atoms with E-state index in [1.54, 1.807) is 18.2 Å². The molecule has 1 amide bonds. The second-order valence-corrected chi connectivity index (χ2v) is 8.91. The maximum Gasteiger partial charge on any atom is 0.286 e. The fraction of sp³-hybridized carbons (Fsp3) is 0.240. The number of aromatic amines is 1. The molecule has 13 heteroatoms. The zero-order chi connectivity index (χ0) is 27.3. The summed E-state index contributed by atoms with van der Waals surface area (Å²) in [4.78, 5) is 40.6. The molecule has 1 atom stereocenters. The molecule has 1 unspecified atom stereocenters. The fourth-order valence-electron chi connectivity index (χ4n) is 5.13. The minimum absolute atomic E-state index is 0.0970. The van der Waals surface area contributed by atoms with Crippen LogP contribution in [0.3, 0.4) is 0 Å². The van der Waals surface area contributed by atoms with E-state index >= 15 is 0 Å². The first-order valence-electron chi connectivity index (χ1n) is 11.3. The van der Waals surface area contributed by atoms with Gasteiger partial charge in [-0.1, -0.05) is 12.1 Å². The number of nitro groups is 2. The van der Waals surface area contributed by atoms with Crippen LogP contribution >= 0.6 is 11.6 Å². The Morgan fingerprint density at radius 3 is 2.37 bits per heavy atom. The number of alkyl halides is 1. The summed E-state index contributed by atoms with van der Waals surface area (Å²) in [6.45, 7) is 0.135. The van der Waals surface area contributed by atoms with Gasteiger partial charge in [0.15, 0.2) is 11.5 Å². The molecule has 0 bridgehead atoms. The first kappa shape index (κ1) is 25.1. The number of nitrogens with zero attached hydrogens (tertiary/aromatic N) is 3. The van der Waals surface area contributed by atoms with Crippen LogP contribution < -0.4 is 19.1 Å². The average molecular weight is 541 g/mol. The average Bonchev–Trinajstić information content (AvgIpc) is 3.51. The number of methoxy groups -OCH3 is 3. The Hall–Kier alpha value is -4.58. The van der Waals surface area contributed by atoms with Crippen molar-refractivity contribution >= 4 is 56.2 Å². The summed E-state index contributed by atoms with van der Waals surface area (Å²) >= 11 is 6.27. The number of fused-ring (bicyclic) bond motifs is 4. The van der Waals surface area contributed by atoms with E-state index < -0.39 is 27.4 Å². The second kappa shape index (κ2) is 9.38. The number of H-pyrrole nitrogens is 1. The molecular weight excluding hydrogens is 520 g/mol. The number of carbonyl (C=O) groups excluding carboxylic acids is 1. The summed E-state index contributed by atoms with van der Waals surface area (Å²) in [6.07, 6.45) is 0. The van der Waals surface area contributed by atoms with Gasteiger partial charge in [-0.3, -0.25) is 25.0 Å². The highest BCUT2D eigenvalue weighted by Gasteiger charge is 2.38. The molecule has 0 aliphatic carbocycles. The fourth-order valence-corrected chi connectivity index (χ4v) is 5.38. The minimum atomic E-state index is -0.682. The maximum absolute atomic E-state index is 13.8. The smallest absolute Gasteiger partial charge is 0.286 e. The lowest BCUT2D eigenvalue weighted by Crippen LogP contribution is -2.30. The van der Waals surface area contributed by atoms with Crippen LogP contribution in [0, 0.1) is 20.2 Å². The standard InChI is InChI=1S/C25H21ClN4O8/c1-36-19-8-12-7-15(27-22(12)24(38-3)23(19)37-2)25(31)28-11-13(10-26)20-14-5-4-6-16(29(32)33)21(14)18(30(34)35)9-17(20)28/h4-9,13,27H,10-11H2,1-3H3. The predicted molar refractivity (Wildman–Crippen MR) is 140 cm³/mol. The summed E-state index contributed by atoms with van der Waals surface area (Å²) in [5.41, 5.74) is 0.668. The highest BCUT2D eigenvalue weighted by atomic mass is 35.5. The Labute approximate surface area is 219 Å². The molecule has 2 heterocycles. The molecule has 0 fully saturated rings. The van der Waals surface area contributed by atoms with Crippen LogP contribution in [-0.2, 0) is 0 Å². The van der Waals surface area contributed by atoms with Crippen LogP contribution in [0.25, 0.3) is 21.7 Å². The maximum atomic E-state index is 13.8. The first-order chi connectivity index (χ1) is 18.2. The van der Waals surface area contributed by atoms with Gasteiger partial charge in [0.05, 0.1) is 42.4 Å². The monoisotopic (exact) mass is 540 g/mol. The molecule has 0 spiro atoms. The number of carbonyl (C=O) groups is 1. The highest BCUT2D eigenvalue weighted by Crippen LogP contribution is 2.48. The van der Waals surface area contributed by atoms with Gasteiger partial charge in [0.25, 0.3) is 17.3 Å². The lowest BCUT2D eigenvalue weighted by atomic mass is 9.94. The van der Waals surface area contributed by atoms with Crippen LogP contribution in [0.5, 0.6) is 17.2 Å². The summed E-state index contributed by atoms with van der Waals surface area (Å²) in [5.74, 6) is 0.332. The van der Waals surface area contributed by atoms with Gasteiger partial charge in [-0.05, 0) is 17.7 Å². The lowest BCUT2D eigenvalue weighted by molar-refractivity contribution is -0.390. The number of halogens is 1. The molecule has 0 saturated heterocycles. The van der Waals surface area contributed by atoms with Crippen molar-refractivity contribution in [2.75, 3.05) is 38.7 Å². The van der Waals surface area contributed by atoms with Crippen LogP contribution in [0.2, 0.25) is 0 Å². The Bertz CT molecular complexity index is 1650. The van der Waals surface area contributed by atoms with Gasteiger partial charge in [-0.15, -0.1) is 11.6 Å². The van der Waals surface area contributed by atoms with Gasteiger partial charge in [0, 0.05) is 41.2 Å². The van der Waals surface area contributed by atoms with Gasteiger partial charge in [0.2, 0.25) is 5.75 Å². The molecule has 1 aliphatic rings. The van der Waals surface area contributed by atoms with Crippen molar-refractivity contribution in [2.45, 2.75) is 5.92 Å². The van der Waals surface area contributed by atoms with Crippen LogP contribution in [0.4, 0.5) is 17.1 Å². The SMILES string of the molecule is COc1cc2cc(C(=O)N3CC(CCl)c4c3cc([N+](=O)[O-])c3c([N+](=O)[O-])cccc43)[nH]c2c(OC)c1OC. The Morgan fingerprint density at radius 2 is 1.76 bits per heavy atom. The van der Waals surface area contributed by atoms with E-state index in [0.29, 0.717) is 39.1 Å². The minimum Gasteiger partial charge on any atom is -0.493 e. The van der Waals surface area contributed by atoms with E-state index in [9.17, 15) is 25.0 Å². The molecule has 0 saturated carbocycles. The van der Waals surface area contributed by atoms with Crippen LogP contribution in [0.15, 0.2) is 36.4 Å². The van der Waals surface area contributed by atoms with Crippen LogP contribution in [0.1, 0.15) is 22.0 Å². The molecule has 4 aromatic rings. The number of non-ortho nitro benzene ring substituents is 2. The molecule has 0 radical (unpaired) electrons. The summed E-state index contributed by atoms with van der Waals surface area (Å²) in [5, 5.41) is 24.5. The van der Waals surface area contributed by atoms with Crippen molar-refractivity contribution < 1.29 is 28.9 Å². The third-order valence-electron chi connectivity index (χ3n) is 6.72. The van der Waals surface area contributed by atoms with Crippen molar-refractivity contribution in [2.24, 2.45) is 0 Å². The van der Waals surface area contributed by atoms with Crippen molar-refractivity contribution in [3.8, 4) is 17.2 Å². The molecule has 1 aromatic heterocycles. The lowest BCUT2D eigenvalue weighted by Gasteiger charge is -2.17. The van der Waals surface area contributed by atoms with E-state index in [1.807, 2.05) is 0 Å². The number of benzene rings is 3. The zero-order valence-corrected chi connectivity index (χ0v) is 21.2. The van der Waals surface area contributed by atoms with Crippen molar-refractivity contribution in [1.29, 1.82) is 0 Å². The Balaban J connectivity index is 1.71. The van der Waals surface area contributed by atoms with Gasteiger partial charge < -0.3 is 24.1 Å². The molecule has 1 N–H and O–H groups in total. The van der Waals surface area contributed by atoms with E-state index in [2.05, 4.69) is 4.98 Å². The molecule has 3 aromatic carbocycles. The van der Waals surface area contributed by atoms with Crippen molar-refractivity contribution in [3.63, 3.8) is 0 Å². The summed E-state index contributed by atoms with van der Waals surface area (Å²) < 4.78 is 16.3. The molecule has 1 aliphatic heterocycles. The number of nitrogens with one attached hydrogen (secondary N) is 1. The largest absolute Gasteiger partial charge is 0.493 e.